The molecule has 0 radical (unpaired) electrons. The van der Waals surface area contributed by atoms with Gasteiger partial charge in [-0.2, -0.15) is 0 Å². The van der Waals surface area contributed by atoms with Gasteiger partial charge in [0.15, 0.2) is 6.20 Å². The maximum absolute atomic E-state index is 12.7. The predicted molar refractivity (Wildman–Crippen MR) is 88.2 cm³/mol. The van der Waals surface area contributed by atoms with E-state index in [2.05, 4.69) is 0 Å². The van der Waals surface area contributed by atoms with Gasteiger partial charge in [0.1, 0.15) is 5.75 Å². The zero-order chi connectivity index (χ0) is 17.3. The number of hydrogen-bond donors (Lipinski definition) is 1. The molecule has 0 aliphatic rings. The van der Waals surface area contributed by atoms with Crippen LogP contribution in [0.4, 0.5) is 0 Å². The number of sulfonamides is 1. The fraction of sp³-hybridized carbons (Fsp3) is 0.0588. The summed E-state index contributed by atoms with van der Waals surface area (Å²) in [5.41, 5.74) is 1.08. The topological polar surface area (TPSA) is 90.3 Å². The summed E-state index contributed by atoms with van der Waals surface area (Å²) in [6.07, 6.45) is 1.66. The van der Waals surface area contributed by atoms with Gasteiger partial charge in [0, 0.05) is 12.1 Å². The molecule has 0 unspecified atom stereocenters. The molecule has 0 amide bonds. The Balaban J connectivity index is 2.05. The Hall–Kier alpha value is -2.77. The number of pyridine rings is 1. The smallest absolute Gasteiger partial charge is 0.425 e. The molecule has 7 heteroatoms. The van der Waals surface area contributed by atoms with Crippen LogP contribution >= 0.6 is 0 Å². The SMILES string of the molecule is COc1ccc2c(ccc[n+]2C(=O)c2ccc(S(N)(=O)=O)cc2)c1. The van der Waals surface area contributed by atoms with Gasteiger partial charge < -0.3 is 4.74 Å². The lowest BCUT2D eigenvalue weighted by molar-refractivity contribution is -0.542. The van der Waals surface area contributed by atoms with Crippen molar-refractivity contribution in [3.05, 3.63) is 66.4 Å². The van der Waals surface area contributed by atoms with Crippen molar-refractivity contribution in [2.45, 2.75) is 4.90 Å². The molecule has 0 saturated heterocycles. The lowest BCUT2D eigenvalue weighted by atomic mass is 10.1. The highest BCUT2D eigenvalue weighted by Crippen LogP contribution is 2.18. The van der Waals surface area contributed by atoms with E-state index in [0.29, 0.717) is 11.3 Å². The van der Waals surface area contributed by atoms with E-state index in [1.165, 1.54) is 28.8 Å². The van der Waals surface area contributed by atoms with Crippen LogP contribution in [-0.4, -0.2) is 21.4 Å². The third kappa shape index (κ3) is 2.99. The highest BCUT2D eigenvalue weighted by molar-refractivity contribution is 7.89. The summed E-state index contributed by atoms with van der Waals surface area (Å²) < 4.78 is 29.3. The number of carbonyl (C=O) groups excluding carboxylic acids is 1. The standard InChI is InChI=1S/C17H15N2O4S/c1-23-14-6-9-16-13(11-14)3-2-10-19(16)17(20)12-4-7-15(8-5-12)24(18,21)22/h2-11H,1H3,(H2,18,21,22)/q+1. The van der Waals surface area contributed by atoms with E-state index in [1.54, 1.807) is 31.5 Å². The molecule has 1 heterocycles. The minimum absolute atomic E-state index is 0.0355. The number of carbonyl (C=O) groups is 1. The van der Waals surface area contributed by atoms with Crippen LogP contribution in [0, 0.1) is 0 Å². The number of fused-ring (bicyclic) bond motifs is 1. The van der Waals surface area contributed by atoms with Gasteiger partial charge in [-0.15, -0.1) is 4.57 Å². The molecule has 2 aromatic carbocycles. The Morgan fingerprint density at radius 1 is 1.08 bits per heavy atom. The van der Waals surface area contributed by atoms with Crippen LogP contribution in [0.3, 0.4) is 0 Å². The minimum atomic E-state index is -3.78. The summed E-state index contributed by atoms with van der Waals surface area (Å²) in [6.45, 7) is 0. The van der Waals surface area contributed by atoms with Gasteiger partial charge in [-0.05, 0) is 42.5 Å². The number of hydrogen-bond acceptors (Lipinski definition) is 4. The number of nitrogens with zero attached hydrogens (tertiary/aromatic N) is 1. The predicted octanol–water partition coefficient (Wildman–Crippen LogP) is 1.47. The van der Waals surface area contributed by atoms with E-state index in [4.69, 9.17) is 9.88 Å². The molecule has 2 N–H and O–H groups in total. The molecule has 3 aromatic rings. The third-order valence-corrected chi connectivity index (χ3v) is 4.58. The van der Waals surface area contributed by atoms with Gasteiger partial charge in [0.25, 0.3) is 0 Å². The molecule has 0 aliphatic carbocycles. The summed E-state index contributed by atoms with van der Waals surface area (Å²) in [4.78, 5) is 12.7. The molecule has 0 aliphatic heterocycles. The van der Waals surface area contributed by atoms with Gasteiger partial charge >= 0.3 is 5.91 Å². The second kappa shape index (κ2) is 6.03. The van der Waals surface area contributed by atoms with Gasteiger partial charge in [0.05, 0.1) is 23.0 Å². The lowest BCUT2D eigenvalue weighted by Crippen LogP contribution is -2.43. The fourth-order valence-electron chi connectivity index (χ4n) is 2.43. The largest absolute Gasteiger partial charge is 0.497 e. The van der Waals surface area contributed by atoms with Crippen molar-refractivity contribution < 1.29 is 22.5 Å². The van der Waals surface area contributed by atoms with Crippen LogP contribution in [-0.2, 0) is 10.0 Å². The van der Waals surface area contributed by atoms with Gasteiger partial charge in [-0.1, -0.05) is 0 Å². The number of rotatable bonds is 3. The van der Waals surface area contributed by atoms with Crippen LogP contribution < -0.4 is 14.4 Å². The van der Waals surface area contributed by atoms with Crippen molar-refractivity contribution in [2.24, 2.45) is 5.14 Å². The maximum atomic E-state index is 12.7. The zero-order valence-electron chi connectivity index (χ0n) is 12.8. The number of aromatic nitrogens is 1. The summed E-state index contributed by atoms with van der Waals surface area (Å²) in [5.74, 6) is 0.428. The van der Waals surface area contributed by atoms with Crippen molar-refractivity contribution in [1.29, 1.82) is 0 Å². The van der Waals surface area contributed by atoms with Crippen molar-refractivity contribution in [3.63, 3.8) is 0 Å². The van der Waals surface area contributed by atoms with E-state index in [9.17, 15) is 13.2 Å². The molecule has 24 heavy (non-hydrogen) atoms. The molecule has 6 nitrogen and oxygen atoms in total. The first-order valence-electron chi connectivity index (χ1n) is 7.06. The number of primary sulfonamides is 1. The van der Waals surface area contributed by atoms with Crippen molar-refractivity contribution in [1.82, 2.24) is 0 Å². The summed E-state index contributed by atoms with van der Waals surface area (Å²) in [6, 6.07) is 14.6. The Morgan fingerprint density at radius 2 is 1.79 bits per heavy atom. The van der Waals surface area contributed by atoms with Crippen LogP contribution in [0.25, 0.3) is 10.9 Å². The number of methoxy groups -OCH3 is 1. The first kappa shape index (κ1) is 16.1. The van der Waals surface area contributed by atoms with Crippen LogP contribution in [0.15, 0.2) is 65.7 Å². The molecule has 3 rings (SSSR count). The highest BCUT2D eigenvalue weighted by atomic mass is 32.2. The van der Waals surface area contributed by atoms with E-state index in [0.717, 1.165) is 10.9 Å². The quantitative estimate of drug-likeness (QED) is 0.729. The third-order valence-electron chi connectivity index (χ3n) is 3.65. The Morgan fingerprint density at radius 3 is 2.42 bits per heavy atom. The van der Waals surface area contributed by atoms with E-state index in [1.807, 2.05) is 12.1 Å². The molecule has 1 aromatic heterocycles. The second-order valence-corrected chi connectivity index (χ2v) is 6.74. The van der Waals surface area contributed by atoms with E-state index in [-0.39, 0.29) is 10.8 Å². The van der Waals surface area contributed by atoms with Gasteiger partial charge in [-0.25, -0.2) is 18.4 Å². The first-order valence-corrected chi connectivity index (χ1v) is 8.61. The highest BCUT2D eigenvalue weighted by Gasteiger charge is 2.21. The molecule has 0 spiro atoms. The number of benzene rings is 2. The average Bonchev–Trinajstić information content (AvgIpc) is 2.59. The van der Waals surface area contributed by atoms with Gasteiger partial charge in [0.2, 0.25) is 15.5 Å². The van der Waals surface area contributed by atoms with Crippen molar-refractivity contribution in [3.8, 4) is 5.75 Å². The minimum Gasteiger partial charge on any atom is -0.497 e. The van der Waals surface area contributed by atoms with Crippen molar-refractivity contribution >= 4 is 26.8 Å². The lowest BCUT2D eigenvalue weighted by Gasteiger charge is -2.03. The Kier molecular flexibility index (Phi) is 4.04. The molecular formula is C17H15N2O4S+. The average molecular weight is 343 g/mol. The van der Waals surface area contributed by atoms with E-state index >= 15 is 0 Å². The van der Waals surface area contributed by atoms with Crippen molar-refractivity contribution in [2.75, 3.05) is 7.11 Å². The maximum Gasteiger partial charge on any atom is 0.425 e. The first-order chi connectivity index (χ1) is 11.4. The molecule has 0 atom stereocenters. The fourth-order valence-corrected chi connectivity index (χ4v) is 2.94. The molecule has 0 saturated carbocycles. The Bertz CT molecular complexity index is 1030. The summed E-state index contributed by atoms with van der Waals surface area (Å²) in [5, 5.41) is 5.92. The normalized spacial score (nSPS) is 11.4. The molecule has 0 bridgehead atoms. The van der Waals surface area contributed by atoms with Crippen LogP contribution in [0.2, 0.25) is 0 Å². The summed E-state index contributed by atoms with van der Waals surface area (Å²) >= 11 is 0. The monoisotopic (exact) mass is 343 g/mol. The number of ether oxygens (including phenoxy) is 1. The molecular weight excluding hydrogens is 328 g/mol. The van der Waals surface area contributed by atoms with E-state index < -0.39 is 10.0 Å². The van der Waals surface area contributed by atoms with Crippen LogP contribution in [0.5, 0.6) is 5.75 Å². The van der Waals surface area contributed by atoms with Crippen LogP contribution in [0.1, 0.15) is 10.4 Å². The molecule has 122 valence electrons. The number of nitrogens with two attached hydrogens (primary N) is 1. The Labute approximate surface area is 139 Å². The second-order valence-electron chi connectivity index (χ2n) is 5.18. The van der Waals surface area contributed by atoms with Gasteiger partial charge in [-0.3, -0.25) is 0 Å². The zero-order valence-corrected chi connectivity index (χ0v) is 13.7. The summed E-state index contributed by atoms with van der Waals surface area (Å²) in [7, 11) is -2.20. The molecule has 0 fully saturated rings.